The maximum atomic E-state index is 14.3. The van der Waals surface area contributed by atoms with Gasteiger partial charge in [0.2, 0.25) is 11.8 Å². The number of sulfonamides is 1. The fourth-order valence-electron chi connectivity index (χ4n) is 4.65. The molecule has 2 atom stereocenters. The second-order valence-corrected chi connectivity index (χ2v) is 13.3. The van der Waals surface area contributed by atoms with Gasteiger partial charge in [-0.3, -0.25) is 13.9 Å². The number of rotatable bonds is 12. The molecule has 0 fully saturated rings. The third-order valence-corrected chi connectivity index (χ3v) is 9.77. The van der Waals surface area contributed by atoms with E-state index in [4.69, 9.17) is 23.2 Å². The molecule has 0 spiro atoms. The Morgan fingerprint density at radius 3 is 2.02 bits per heavy atom. The molecular weight excluding hydrogens is 593 g/mol. The number of nitrogens with one attached hydrogen (secondary N) is 1. The lowest BCUT2D eigenvalue weighted by Crippen LogP contribution is -2.53. The Balaban J connectivity index is 2.13. The fraction of sp³-hybridized carbons (Fsp3) is 0.375. The highest BCUT2D eigenvalue weighted by molar-refractivity contribution is 7.92. The Bertz CT molecular complexity index is 1510. The zero-order valence-electron chi connectivity index (χ0n) is 24.9. The van der Waals surface area contributed by atoms with Crippen LogP contribution >= 0.6 is 23.2 Å². The maximum absolute atomic E-state index is 14.3. The van der Waals surface area contributed by atoms with E-state index < -0.39 is 28.5 Å². The molecule has 226 valence electrons. The van der Waals surface area contributed by atoms with Gasteiger partial charge in [0, 0.05) is 28.2 Å². The summed E-state index contributed by atoms with van der Waals surface area (Å²) in [6, 6.07) is 15.9. The number of nitrogens with zero attached hydrogens (tertiary/aromatic N) is 2. The number of carbonyl (C=O) groups excluding carboxylic acids is 2. The van der Waals surface area contributed by atoms with Gasteiger partial charge >= 0.3 is 0 Å². The van der Waals surface area contributed by atoms with E-state index in [1.165, 1.54) is 17.0 Å². The summed E-state index contributed by atoms with van der Waals surface area (Å²) in [6.07, 6.45) is 1.01. The Hall–Kier alpha value is -3.07. The van der Waals surface area contributed by atoms with Crippen LogP contribution < -0.4 is 9.62 Å². The molecular formula is C32H39Cl2N3O4S. The van der Waals surface area contributed by atoms with E-state index >= 15 is 0 Å². The molecule has 0 aliphatic rings. The third kappa shape index (κ3) is 7.85. The van der Waals surface area contributed by atoms with Crippen LogP contribution in [0.5, 0.6) is 0 Å². The highest BCUT2D eigenvalue weighted by atomic mass is 35.5. The lowest BCUT2D eigenvalue weighted by molar-refractivity contribution is -0.140. The zero-order valence-corrected chi connectivity index (χ0v) is 27.3. The van der Waals surface area contributed by atoms with Gasteiger partial charge in [-0.05, 0) is 76.4 Å². The molecule has 0 heterocycles. The topological polar surface area (TPSA) is 86.8 Å². The zero-order chi connectivity index (χ0) is 31.2. The first-order chi connectivity index (χ1) is 19.8. The Kier molecular flexibility index (Phi) is 11.5. The number of aryl methyl sites for hydroxylation is 3. The van der Waals surface area contributed by atoms with Crippen molar-refractivity contribution in [1.82, 2.24) is 10.2 Å². The average Bonchev–Trinajstić information content (AvgIpc) is 2.93. The molecule has 0 aliphatic heterocycles. The Labute approximate surface area is 259 Å². The molecule has 0 saturated heterocycles. The van der Waals surface area contributed by atoms with E-state index in [1.54, 1.807) is 56.3 Å². The van der Waals surface area contributed by atoms with Crippen LogP contribution in [0.4, 0.5) is 5.69 Å². The van der Waals surface area contributed by atoms with Crippen molar-refractivity contribution in [2.75, 3.05) is 10.8 Å². The molecule has 10 heteroatoms. The molecule has 1 N–H and O–H groups in total. The van der Waals surface area contributed by atoms with Crippen molar-refractivity contribution in [3.63, 3.8) is 0 Å². The van der Waals surface area contributed by atoms with E-state index in [9.17, 15) is 18.0 Å². The van der Waals surface area contributed by atoms with Gasteiger partial charge in [-0.1, -0.05) is 78.5 Å². The molecule has 0 radical (unpaired) electrons. The van der Waals surface area contributed by atoms with Crippen molar-refractivity contribution in [3.8, 4) is 0 Å². The van der Waals surface area contributed by atoms with E-state index in [0.29, 0.717) is 39.7 Å². The van der Waals surface area contributed by atoms with E-state index in [0.717, 1.165) is 15.4 Å². The minimum atomic E-state index is -4.17. The molecule has 3 aromatic rings. The summed E-state index contributed by atoms with van der Waals surface area (Å²) in [5.41, 5.74) is 3.41. The van der Waals surface area contributed by atoms with Crippen LogP contribution in [0.25, 0.3) is 0 Å². The van der Waals surface area contributed by atoms with Gasteiger partial charge in [0.05, 0.1) is 10.6 Å². The van der Waals surface area contributed by atoms with Gasteiger partial charge in [-0.15, -0.1) is 0 Å². The minimum absolute atomic E-state index is 0.0585. The van der Waals surface area contributed by atoms with Gasteiger partial charge in [0.1, 0.15) is 12.6 Å². The van der Waals surface area contributed by atoms with E-state index in [-0.39, 0.29) is 23.4 Å². The van der Waals surface area contributed by atoms with E-state index in [2.05, 4.69) is 5.32 Å². The van der Waals surface area contributed by atoms with Crippen molar-refractivity contribution >= 4 is 50.7 Å². The molecule has 0 saturated carbocycles. The van der Waals surface area contributed by atoms with Crippen LogP contribution in [-0.4, -0.2) is 43.8 Å². The van der Waals surface area contributed by atoms with Crippen molar-refractivity contribution in [3.05, 3.63) is 93.0 Å². The highest BCUT2D eigenvalue weighted by Gasteiger charge is 2.35. The molecule has 0 aromatic heterocycles. The third-order valence-electron chi connectivity index (χ3n) is 7.29. The molecule has 0 aliphatic carbocycles. The number of carbonyl (C=O) groups is 2. The second-order valence-electron chi connectivity index (χ2n) is 10.6. The molecule has 0 unspecified atom stereocenters. The van der Waals surface area contributed by atoms with Gasteiger partial charge in [0.25, 0.3) is 10.0 Å². The second kappa shape index (κ2) is 14.4. The maximum Gasteiger partial charge on any atom is 0.264 e. The standard InChI is InChI=1S/C32H39Cl2N3O4S/c1-7-24(6)35-32(39)29(8-2)36(19-26-27(33)10-9-11-28(26)34)31(38)20-37(30-17-14-22(4)18-23(30)5)42(40,41)25-15-12-21(3)13-16-25/h9-18,24,29H,7-8,19-20H2,1-6H3,(H,35,39)/t24-,29-/m1/s1. The van der Waals surface area contributed by atoms with Crippen LogP contribution in [0, 0.1) is 20.8 Å². The van der Waals surface area contributed by atoms with E-state index in [1.807, 2.05) is 33.8 Å². The number of benzene rings is 3. The largest absolute Gasteiger partial charge is 0.352 e. The molecule has 3 rings (SSSR count). The van der Waals surface area contributed by atoms with Crippen LogP contribution in [-0.2, 0) is 26.2 Å². The predicted octanol–water partition coefficient (Wildman–Crippen LogP) is 6.84. The minimum Gasteiger partial charge on any atom is -0.352 e. The van der Waals surface area contributed by atoms with Gasteiger partial charge < -0.3 is 10.2 Å². The number of hydrogen-bond donors (Lipinski definition) is 1. The van der Waals surface area contributed by atoms with Crippen molar-refractivity contribution in [2.45, 2.75) is 77.9 Å². The Morgan fingerprint density at radius 1 is 0.881 bits per heavy atom. The van der Waals surface area contributed by atoms with Gasteiger partial charge in [0.15, 0.2) is 0 Å². The first-order valence-corrected chi connectivity index (χ1v) is 16.2. The number of amides is 2. The van der Waals surface area contributed by atoms with Crippen LogP contribution in [0.2, 0.25) is 10.0 Å². The van der Waals surface area contributed by atoms with Gasteiger partial charge in [-0.2, -0.15) is 0 Å². The van der Waals surface area contributed by atoms with Crippen molar-refractivity contribution < 1.29 is 18.0 Å². The summed E-state index contributed by atoms with van der Waals surface area (Å²) in [7, 11) is -4.17. The normalized spacial score (nSPS) is 12.9. The quantitative estimate of drug-likeness (QED) is 0.237. The van der Waals surface area contributed by atoms with Crippen LogP contribution in [0.1, 0.15) is 55.9 Å². The monoisotopic (exact) mass is 631 g/mol. The Morgan fingerprint density at radius 2 is 1.48 bits per heavy atom. The first-order valence-electron chi connectivity index (χ1n) is 14.0. The molecule has 2 amide bonds. The van der Waals surface area contributed by atoms with Crippen LogP contribution in [0.3, 0.4) is 0 Å². The summed E-state index contributed by atoms with van der Waals surface area (Å²) >= 11 is 13.0. The highest BCUT2D eigenvalue weighted by Crippen LogP contribution is 2.30. The first kappa shape index (κ1) is 33.4. The lowest BCUT2D eigenvalue weighted by atomic mass is 10.1. The molecule has 7 nitrogen and oxygen atoms in total. The van der Waals surface area contributed by atoms with Crippen molar-refractivity contribution in [1.29, 1.82) is 0 Å². The number of hydrogen-bond acceptors (Lipinski definition) is 4. The number of halogens is 2. The summed E-state index contributed by atoms with van der Waals surface area (Å²) < 4.78 is 29.3. The smallest absolute Gasteiger partial charge is 0.264 e. The molecule has 42 heavy (non-hydrogen) atoms. The summed E-state index contributed by atoms with van der Waals surface area (Å²) in [6.45, 7) is 10.6. The molecule has 3 aromatic carbocycles. The lowest BCUT2D eigenvalue weighted by Gasteiger charge is -2.34. The summed E-state index contributed by atoms with van der Waals surface area (Å²) in [4.78, 5) is 29.2. The average molecular weight is 633 g/mol. The summed E-state index contributed by atoms with van der Waals surface area (Å²) in [5, 5.41) is 3.65. The number of anilines is 1. The summed E-state index contributed by atoms with van der Waals surface area (Å²) in [5.74, 6) is -0.893. The fourth-order valence-corrected chi connectivity index (χ4v) is 6.65. The van der Waals surface area contributed by atoms with Crippen molar-refractivity contribution in [2.24, 2.45) is 0 Å². The predicted molar refractivity (Wildman–Crippen MR) is 171 cm³/mol. The molecule has 0 bridgehead atoms. The van der Waals surface area contributed by atoms with Crippen LogP contribution in [0.15, 0.2) is 65.6 Å². The SMILES string of the molecule is CC[C@@H](C)NC(=O)[C@@H](CC)N(Cc1c(Cl)cccc1Cl)C(=O)CN(c1ccc(C)cc1C)S(=O)(=O)c1ccc(C)cc1. The van der Waals surface area contributed by atoms with Gasteiger partial charge in [-0.25, -0.2) is 8.42 Å².